The lowest BCUT2D eigenvalue weighted by molar-refractivity contribution is -0.131. The van der Waals surface area contributed by atoms with E-state index in [0.717, 1.165) is 5.56 Å². The number of hydrogen-bond acceptors (Lipinski definition) is 6. The van der Waals surface area contributed by atoms with Crippen LogP contribution in [0.3, 0.4) is 0 Å². The summed E-state index contributed by atoms with van der Waals surface area (Å²) in [6.07, 6.45) is 0.510. The zero-order valence-electron chi connectivity index (χ0n) is 17.8. The van der Waals surface area contributed by atoms with Crippen LogP contribution in [0.2, 0.25) is 0 Å². The van der Waals surface area contributed by atoms with Crippen molar-refractivity contribution in [3.05, 3.63) is 11.3 Å². The average Bonchev–Trinajstić information content (AvgIpc) is 2.95. The molecular weight excluding hydrogens is 356 g/mol. The van der Waals surface area contributed by atoms with Gasteiger partial charge in [-0.1, -0.05) is 27.7 Å². The number of amides is 2. The third-order valence-electron chi connectivity index (χ3n) is 5.55. The minimum atomic E-state index is -0.184. The molecular formula is C20H32N6O2. The maximum absolute atomic E-state index is 13.2. The van der Waals surface area contributed by atoms with Crippen LogP contribution in [0.5, 0.6) is 0 Å². The Labute approximate surface area is 167 Å². The molecule has 1 fully saturated rings. The van der Waals surface area contributed by atoms with Gasteiger partial charge in [-0.3, -0.25) is 9.59 Å². The normalized spacial score (nSPS) is 20.2. The van der Waals surface area contributed by atoms with E-state index in [9.17, 15) is 9.59 Å². The fourth-order valence-electron chi connectivity index (χ4n) is 4.19. The first-order chi connectivity index (χ1) is 13.1. The molecule has 1 saturated heterocycles. The van der Waals surface area contributed by atoms with E-state index in [0.29, 0.717) is 50.1 Å². The van der Waals surface area contributed by atoms with E-state index < -0.39 is 0 Å². The first kappa shape index (κ1) is 20.4. The third-order valence-corrected chi connectivity index (χ3v) is 5.55. The monoisotopic (exact) mass is 388 g/mol. The van der Waals surface area contributed by atoms with E-state index in [2.05, 4.69) is 30.7 Å². The van der Waals surface area contributed by atoms with Crippen molar-refractivity contribution in [3.63, 3.8) is 0 Å². The van der Waals surface area contributed by atoms with Crippen LogP contribution in [0.25, 0.3) is 0 Å². The Bertz CT molecular complexity index is 778. The zero-order chi connectivity index (χ0) is 20.8. The predicted octanol–water partition coefficient (Wildman–Crippen LogP) is 2.07. The first-order valence-electron chi connectivity index (χ1n) is 10.1. The molecule has 1 aromatic rings. The van der Waals surface area contributed by atoms with Crippen molar-refractivity contribution in [1.29, 1.82) is 0 Å². The van der Waals surface area contributed by atoms with Gasteiger partial charge in [-0.05, 0) is 19.3 Å². The molecule has 1 aromatic heterocycles. The molecule has 2 amide bonds. The fraction of sp³-hybridized carbons (Fsp3) is 0.700. The highest BCUT2D eigenvalue weighted by atomic mass is 16.2. The molecule has 3 rings (SSSR count). The van der Waals surface area contributed by atoms with E-state index in [1.807, 2.05) is 35.5 Å². The van der Waals surface area contributed by atoms with Crippen molar-refractivity contribution >= 4 is 23.6 Å². The van der Waals surface area contributed by atoms with Gasteiger partial charge in [-0.15, -0.1) is 0 Å². The second-order valence-electron chi connectivity index (χ2n) is 8.97. The van der Waals surface area contributed by atoms with Crippen LogP contribution in [-0.2, 0) is 4.79 Å². The summed E-state index contributed by atoms with van der Waals surface area (Å²) in [6, 6.07) is -0.111. The fourth-order valence-corrected chi connectivity index (χ4v) is 4.19. The van der Waals surface area contributed by atoms with Crippen molar-refractivity contribution in [2.45, 2.75) is 60.0 Å². The Morgan fingerprint density at radius 2 is 1.79 bits per heavy atom. The van der Waals surface area contributed by atoms with Crippen LogP contribution in [0.15, 0.2) is 0 Å². The number of nitrogen functional groups attached to an aromatic ring is 1. The minimum absolute atomic E-state index is 0.0392. The van der Waals surface area contributed by atoms with Gasteiger partial charge >= 0.3 is 0 Å². The molecule has 0 aliphatic carbocycles. The smallest absolute Gasteiger partial charge is 0.273 e. The molecule has 2 aliphatic heterocycles. The summed E-state index contributed by atoms with van der Waals surface area (Å²) in [4.78, 5) is 40.0. The summed E-state index contributed by atoms with van der Waals surface area (Å²) in [5.41, 5.74) is 7.35. The van der Waals surface area contributed by atoms with Crippen LogP contribution in [0.4, 0.5) is 11.8 Å². The lowest BCUT2D eigenvalue weighted by Gasteiger charge is -2.38. The summed E-state index contributed by atoms with van der Waals surface area (Å²) in [7, 11) is 0. The van der Waals surface area contributed by atoms with Crippen molar-refractivity contribution in [1.82, 2.24) is 19.8 Å². The van der Waals surface area contributed by atoms with Gasteiger partial charge in [0.25, 0.3) is 5.91 Å². The largest absolute Gasteiger partial charge is 0.383 e. The molecule has 154 valence electrons. The van der Waals surface area contributed by atoms with Gasteiger partial charge in [0.05, 0.1) is 6.04 Å². The summed E-state index contributed by atoms with van der Waals surface area (Å²) >= 11 is 0. The SMILES string of the molecule is CCC(=O)N1CCN(c2nc(N)c3c(n2)C(=O)N(C(C)C)C3C(C)(C)C)CC1. The van der Waals surface area contributed by atoms with E-state index in [1.165, 1.54) is 0 Å². The highest BCUT2D eigenvalue weighted by Crippen LogP contribution is 2.47. The molecule has 8 nitrogen and oxygen atoms in total. The second-order valence-corrected chi connectivity index (χ2v) is 8.97. The molecule has 8 heteroatoms. The highest BCUT2D eigenvalue weighted by Gasteiger charge is 2.47. The van der Waals surface area contributed by atoms with Crippen LogP contribution in [-0.4, -0.2) is 63.8 Å². The molecule has 0 aromatic carbocycles. The van der Waals surface area contributed by atoms with Gasteiger partial charge in [0.1, 0.15) is 11.5 Å². The minimum Gasteiger partial charge on any atom is -0.383 e. The molecule has 2 aliphatic rings. The van der Waals surface area contributed by atoms with Gasteiger partial charge < -0.3 is 20.4 Å². The number of carbonyl (C=O) groups excluding carboxylic acids is 2. The zero-order valence-corrected chi connectivity index (χ0v) is 17.8. The molecule has 0 bridgehead atoms. The topological polar surface area (TPSA) is 95.7 Å². The summed E-state index contributed by atoms with van der Waals surface area (Å²) in [5, 5.41) is 0. The number of anilines is 2. The molecule has 2 N–H and O–H groups in total. The van der Waals surface area contributed by atoms with E-state index >= 15 is 0 Å². The Morgan fingerprint density at radius 3 is 2.29 bits per heavy atom. The Morgan fingerprint density at radius 1 is 1.18 bits per heavy atom. The lowest BCUT2D eigenvalue weighted by atomic mass is 9.82. The van der Waals surface area contributed by atoms with Crippen molar-refractivity contribution in [2.75, 3.05) is 36.8 Å². The summed E-state index contributed by atoms with van der Waals surface area (Å²) in [6.45, 7) is 14.7. The van der Waals surface area contributed by atoms with Gasteiger partial charge in [0.2, 0.25) is 11.9 Å². The Kier molecular flexibility index (Phi) is 5.25. The second kappa shape index (κ2) is 7.22. The Balaban J connectivity index is 1.94. The van der Waals surface area contributed by atoms with E-state index in [-0.39, 0.29) is 29.3 Å². The number of piperazine rings is 1. The number of nitrogens with two attached hydrogens (primary N) is 1. The lowest BCUT2D eigenvalue weighted by Crippen LogP contribution is -2.49. The molecule has 3 heterocycles. The van der Waals surface area contributed by atoms with Crippen LogP contribution in [0, 0.1) is 5.41 Å². The average molecular weight is 389 g/mol. The number of nitrogens with zero attached hydrogens (tertiary/aromatic N) is 5. The van der Waals surface area contributed by atoms with Crippen LogP contribution in [0.1, 0.15) is 70.1 Å². The van der Waals surface area contributed by atoms with Crippen molar-refractivity contribution in [2.24, 2.45) is 5.41 Å². The number of carbonyl (C=O) groups is 2. The number of hydrogen-bond donors (Lipinski definition) is 1. The van der Waals surface area contributed by atoms with Crippen LogP contribution >= 0.6 is 0 Å². The van der Waals surface area contributed by atoms with Gasteiger partial charge in [-0.2, -0.15) is 4.98 Å². The molecule has 1 atom stereocenters. The number of aromatic nitrogens is 2. The number of rotatable bonds is 3. The summed E-state index contributed by atoms with van der Waals surface area (Å²) < 4.78 is 0. The molecule has 0 saturated carbocycles. The Hall–Kier alpha value is -2.38. The standard InChI is InChI=1S/C20H32N6O2/c1-7-13(27)24-8-10-25(11-9-24)19-22-15-14(17(21)23-19)16(20(4,5)6)26(12(2)3)18(15)28/h12,16H,7-11H2,1-6H3,(H2,21,22,23). The van der Waals surface area contributed by atoms with Crippen LogP contribution < -0.4 is 10.6 Å². The third kappa shape index (κ3) is 3.40. The van der Waals surface area contributed by atoms with Crippen molar-refractivity contribution in [3.8, 4) is 0 Å². The van der Waals surface area contributed by atoms with E-state index in [1.54, 1.807) is 0 Å². The van der Waals surface area contributed by atoms with Crippen molar-refractivity contribution < 1.29 is 9.59 Å². The van der Waals surface area contributed by atoms with Gasteiger partial charge in [-0.25, -0.2) is 4.98 Å². The predicted molar refractivity (Wildman–Crippen MR) is 109 cm³/mol. The highest BCUT2D eigenvalue weighted by molar-refractivity contribution is 5.99. The molecule has 0 spiro atoms. The van der Waals surface area contributed by atoms with Gasteiger partial charge in [0.15, 0.2) is 0 Å². The van der Waals surface area contributed by atoms with E-state index in [4.69, 9.17) is 5.73 Å². The molecule has 28 heavy (non-hydrogen) atoms. The molecule has 0 radical (unpaired) electrons. The maximum Gasteiger partial charge on any atom is 0.273 e. The number of fused-ring (bicyclic) bond motifs is 1. The quantitative estimate of drug-likeness (QED) is 0.852. The first-order valence-corrected chi connectivity index (χ1v) is 10.1. The maximum atomic E-state index is 13.2. The van der Waals surface area contributed by atoms with Gasteiger partial charge in [0, 0.05) is 44.2 Å². The molecule has 1 unspecified atom stereocenters. The summed E-state index contributed by atoms with van der Waals surface area (Å²) in [5.74, 6) is 0.930.